The zero-order chi connectivity index (χ0) is 20.1. The molecule has 0 aliphatic heterocycles. The molecule has 5 heteroatoms. The number of benzene rings is 3. The second-order valence-corrected chi connectivity index (χ2v) is 7.53. The van der Waals surface area contributed by atoms with Crippen molar-refractivity contribution in [2.24, 2.45) is 0 Å². The van der Waals surface area contributed by atoms with Crippen LogP contribution in [0.4, 0.5) is 5.69 Å². The smallest absolute Gasteiger partial charge is 0.255 e. The SMILES string of the molecule is COc1ccc(C(=O)Nc2ccc(Sc3cc(C)ccc3C)cc2)cc1OC. The van der Waals surface area contributed by atoms with Gasteiger partial charge in [-0.1, -0.05) is 23.9 Å². The number of hydrogen-bond acceptors (Lipinski definition) is 4. The molecule has 144 valence electrons. The highest BCUT2D eigenvalue weighted by molar-refractivity contribution is 7.99. The number of anilines is 1. The lowest BCUT2D eigenvalue weighted by Crippen LogP contribution is -2.12. The lowest BCUT2D eigenvalue weighted by atomic mass is 10.2. The standard InChI is InChI=1S/C23H23NO3S/c1-15-5-6-16(2)22(13-15)28-19-10-8-18(9-11-19)24-23(25)17-7-12-20(26-3)21(14-17)27-4/h5-14H,1-4H3,(H,24,25). The number of amides is 1. The molecule has 0 spiro atoms. The van der Waals surface area contributed by atoms with Crippen LogP contribution >= 0.6 is 11.8 Å². The average molecular weight is 394 g/mol. The zero-order valence-electron chi connectivity index (χ0n) is 16.4. The van der Waals surface area contributed by atoms with Gasteiger partial charge in [-0.15, -0.1) is 0 Å². The lowest BCUT2D eigenvalue weighted by Gasteiger charge is -2.11. The van der Waals surface area contributed by atoms with E-state index in [0.29, 0.717) is 17.1 Å². The van der Waals surface area contributed by atoms with Crippen molar-refractivity contribution < 1.29 is 14.3 Å². The van der Waals surface area contributed by atoms with Crippen molar-refractivity contribution in [3.8, 4) is 11.5 Å². The lowest BCUT2D eigenvalue weighted by molar-refractivity contribution is 0.102. The summed E-state index contributed by atoms with van der Waals surface area (Å²) in [6.45, 7) is 4.20. The van der Waals surface area contributed by atoms with E-state index < -0.39 is 0 Å². The molecule has 0 bridgehead atoms. The number of aryl methyl sites for hydroxylation is 2. The van der Waals surface area contributed by atoms with Crippen molar-refractivity contribution in [1.82, 2.24) is 0 Å². The van der Waals surface area contributed by atoms with E-state index in [9.17, 15) is 4.79 Å². The van der Waals surface area contributed by atoms with Gasteiger partial charge >= 0.3 is 0 Å². The van der Waals surface area contributed by atoms with Crippen molar-refractivity contribution in [1.29, 1.82) is 0 Å². The van der Waals surface area contributed by atoms with Crippen molar-refractivity contribution >= 4 is 23.4 Å². The number of methoxy groups -OCH3 is 2. The number of ether oxygens (including phenoxy) is 2. The molecule has 0 saturated heterocycles. The van der Waals surface area contributed by atoms with Gasteiger partial charge in [0.1, 0.15) is 0 Å². The summed E-state index contributed by atoms with van der Waals surface area (Å²) >= 11 is 1.72. The van der Waals surface area contributed by atoms with Gasteiger partial charge in [0.25, 0.3) is 5.91 Å². The minimum atomic E-state index is -0.198. The highest BCUT2D eigenvalue weighted by Crippen LogP contribution is 2.32. The number of carbonyl (C=O) groups is 1. The minimum Gasteiger partial charge on any atom is -0.493 e. The predicted molar refractivity (Wildman–Crippen MR) is 114 cm³/mol. The third kappa shape index (κ3) is 4.67. The second kappa shape index (κ2) is 8.85. The average Bonchev–Trinajstić information content (AvgIpc) is 2.71. The van der Waals surface area contributed by atoms with E-state index in [1.807, 2.05) is 24.3 Å². The maximum atomic E-state index is 12.5. The second-order valence-electron chi connectivity index (χ2n) is 6.42. The number of nitrogens with one attached hydrogen (secondary N) is 1. The van der Waals surface area contributed by atoms with Crippen LogP contribution in [-0.2, 0) is 0 Å². The normalized spacial score (nSPS) is 10.4. The molecule has 1 amide bonds. The minimum absolute atomic E-state index is 0.198. The van der Waals surface area contributed by atoms with E-state index in [1.165, 1.54) is 16.0 Å². The molecular formula is C23H23NO3S. The van der Waals surface area contributed by atoms with Crippen LogP contribution in [0.2, 0.25) is 0 Å². The summed E-state index contributed by atoms with van der Waals surface area (Å²) in [4.78, 5) is 14.9. The summed E-state index contributed by atoms with van der Waals surface area (Å²) in [5, 5.41) is 2.91. The molecule has 4 nitrogen and oxygen atoms in total. The largest absolute Gasteiger partial charge is 0.493 e. The monoisotopic (exact) mass is 393 g/mol. The molecule has 0 atom stereocenters. The molecule has 0 saturated carbocycles. The zero-order valence-corrected chi connectivity index (χ0v) is 17.2. The molecule has 0 fully saturated rings. The maximum absolute atomic E-state index is 12.5. The van der Waals surface area contributed by atoms with Gasteiger partial charge < -0.3 is 14.8 Å². The molecular weight excluding hydrogens is 370 g/mol. The Bertz CT molecular complexity index is 984. The van der Waals surface area contributed by atoms with Crippen LogP contribution in [-0.4, -0.2) is 20.1 Å². The molecule has 28 heavy (non-hydrogen) atoms. The summed E-state index contributed by atoms with van der Waals surface area (Å²) in [6.07, 6.45) is 0. The van der Waals surface area contributed by atoms with E-state index in [-0.39, 0.29) is 5.91 Å². The Morgan fingerprint density at radius 3 is 2.25 bits per heavy atom. The van der Waals surface area contributed by atoms with Crippen LogP contribution in [0.15, 0.2) is 70.5 Å². The molecule has 1 N–H and O–H groups in total. The first kappa shape index (κ1) is 19.8. The van der Waals surface area contributed by atoms with Gasteiger partial charge in [0, 0.05) is 21.0 Å². The highest BCUT2D eigenvalue weighted by Gasteiger charge is 2.11. The summed E-state index contributed by atoms with van der Waals surface area (Å²) in [6, 6.07) is 19.4. The Kier molecular flexibility index (Phi) is 6.26. The molecule has 0 heterocycles. The van der Waals surface area contributed by atoms with Crippen LogP contribution in [0.3, 0.4) is 0 Å². The Hall–Kier alpha value is -2.92. The van der Waals surface area contributed by atoms with E-state index >= 15 is 0 Å². The van der Waals surface area contributed by atoms with E-state index in [1.54, 1.807) is 44.2 Å². The van der Waals surface area contributed by atoms with Gasteiger partial charge in [-0.2, -0.15) is 0 Å². The molecule has 3 rings (SSSR count). The molecule has 0 aliphatic carbocycles. The fourth-order valence-corrected chi connectivity index (χ4v) is 3.73. The fraction of sp³-hybridized carbons (Fsp3) is 0.174. The number of carbonyl (C=O) groups excluding carboxylic acids is 1. The molecule has 3 aromatic rings. The van der Waals surface area contributed by atoms with Crippen molar-refractivity contribution in [2.75, 3.05) is 19.5 Å². The quantitative estimate of drug-likeness (QED) is 0.581. The molecule has 0 unspecified atom stereocenters. The molecule has 0 aliphatic rings. The third-order valence-corrected chi connectivity index (χ3v) is 5.50. The first-order valence-corrected chi connectivity index (χ1v) is 9.70. The van der Waals surface area contributed by atoms with Crippen LogP contribution in [0, 0.1) is 13.8 Å². The van der Waals surface area contributed by atoms with Crippen molar-refractivity contribution in [3.05, 3.63) is 77.4 Å². The van der Waals surface area contributed by atoms with Gasteiger partial charge in [0.15, 0.2) is 11.5 Å². The van der Waals surface area contributed by atoms with Gasteiger partial charge in [0.05, 0.1) is 14.2 Å². The highest BCUT2D eigenvalue weighted by atomic mass is 32.2. The maximum Gasteiger partial charge on any atom is 0.255 e. The number of hydrogen-bond donors (Lipinski definition) is 1. The topological polar surface area (TPSA) is 47.6 Å². The van der Waals surface area contributed by atoms with Crippen LogP contribution in [0.5, 0.6) is 11.5 Å². The van der Waals surface area contributed by atoms with Crippen LogP contribution < -0.4 is 14.8 Å². The van der Waals surface area contributed by atoms with Crippen molar-refractivity contribution in [3.63, 3.8) is 0 Å². The Morgan fingerprint density at radius 2 is 1.57 bits per heavy atom. The summed E-state index contributed by atoms with van der Waals surface area (Å²) in [5.74, 6) is 0.915. The van der Waals surface area contributed by atoms with Gasteiger partial charge in [0.2, 0.25) is 0 Å². The van der Waals surface area contributed by atoms with E-state index in [0.717, 1.165) is 10.6 Å². The van der Waals surface area contributed by atoms with E-state index in [2.05, 4.69) is 37.4 Å². The molecule has 0 aromatic heterocycles. The summed E-state index contributed by atoms with van der Waals surface area (Å²) in [5.41, 5.74) is 3.74. The fourth-order valence-electron chi connectivity index (χ4n) is 2.73. The van der Waals surface area contributed by atoms with E-state index in [4.69, 9.17) is 9.47 Å². The predicted octanol–water partition coefficient (Wildman–Crippen LogP) is 5.72. The van der Waals surface area contributed by atoms with Crippen LogP contribution in [0.1, 0.15) is 21.5 Å². The number of rotatable bonds is 6. The first-order valence-electron chi connectivity index (χ1n) is 8.88. The summed E-state index contributed by atoms with van der Waals surface area (Å²) in [7, 11) is 3.11. The van der Waals surface area contributed by atoms with Crippen LogP contribution in [0.25, 0.3) is 0 Å². The third-order valence-electron chi connectivity index (χ3n) is 4.33. The Balaban J connectivity index is 1.70. The molecule has 3 aromatic carbocycles. The van der Waals surface area contributed by atoms with Gasteiger partial charge in [-0.05, 0) is 73.5 Å². The van der Waals surface area contributed by atoms with Crippen molar-refractivity contribution in [2.45, 2.75) is 23.6 Å². The van der Waals surface area contributed by atoms with Gasteiger partial charge in [-0.25, -0.2) is 0 Å². The molecule has 0 radical (unpaired) electrons. The Morgan fingerprint density at radius 1 is 0.857 bits per heavy atom. The first-order chi connectivity index (χ1) is 13.5. The van der Waals surface area contributed by atoms with Gasteiger partial charge in [-0.3, -0.25) is 4.79 Å². The Labute approximate surface area is 169 Å². The summed E-state index contributed by atoms with van der Waals surface area (Å²) < 4.78 is 10.5.